The molecule has 0 aliphatic carbocycles. The number of aliphatic hydroxyl groups excluding tert-OH is 1. The fourth-order valence-electron chi connectivity index (χ4n) is 2.42. The Bertz CT molecular complexity index is 247. The summed E-state index contributed by atoms with van der Waals surface area (Å²) < 4.78 is 16.6. The Balaban J connectivity index is 2.00. The first kappa shape index (κ1) is 18.1. The molecule has 1 heterocycles. The summed E-state index contributed by atoms with van der Waals surface area (Å²) in [5, 5.41) is 9.92. The van der Waals surface area contributed by atoms with Gasteiger partial charge in [0.1, 0.15) is 0 Å². The molecule has 0 aromatic heterocycles. The van der Waals surface area contributed by atoms with E-state index in [9.17, 15) is 5.11 Å². The second kappa shape index (κ2) is 9.86. The molecule has 0 aromatic rings. The average molecular weight is 305 g/mol. The first-order valence-electron chi connectivity index (χ1n) is 7.73. The molecular weight excluding hydrogens is 274 g/mol. The molecule has 1 aliphatic heterocycles. The number of hydrogen-bond donors (Lipinski definition) is 1. The maximum Gasteiger partial charge on any atom is 0.186 e. The van der Waals surface area contributed by atoms with Crippen LogP contribution >= 0.6 is 0 Å². The van der Waals surface area contributed by atoms with Gasteiger partial charge >= 0.3 is 0 Å². The van der Waals surface area contributed by atoms with Crippen molar-refractivity contribution >= 4 is 8.32 Å². The van der Waals surface area contributed by atoms with Crippen LogP contribution in [0.4, 0.5) is 0 Å². The molecule has 1 saturated heterocycles. The highest BCUT2D eigenvalue weighted by molar-refractivity contribution is 6.71. The third-order valence-electron chi connectivity index (χ3n) is 3.49. The summed E-state index contributed by atoms with van der Waals surface area (Å²) in [6, 6.07) is 1.11. The van der Waals surface area contributed by atoms with Crippen LogP contribution in [0, 0.1) is 0 Å². The third-order valence-corrected chi connectivity index (χ3v) is 6.11. The van der Waals surface area contributed by atoms with Crippen LogP contribution in [0.2, 0.25) is 19.1 Å². The molecule has 1 unspecified atom stereocenters. The van der Waals surface area contributed by atoms with E-state index in [-0.39, 0.29) is 0 Å². The van der Waals surface area contributed by atoms with E-state index in [1.54, 1.807) is 0 Å². The molecule has 1 atom stereocenters. The minimum Gasteiger partial charge on any atom is -0.418 e. The molecule has 0 radical (unpaired) electrons. The molecule has 0 spiro atoms. The van der Waals surface area contributed by atoms with Crippen LogP contribution in [0.25, 0.3) is 0 Å². The van der Waals surface area contributed by atoms with Crippen LogP contribution in [0.15, 0.2) is 0 Å². The van der Waals surface area contributed by atoms with Gasteiger partial charge in [-0.05, 0) is 32.5 Å². The Kier molecular flexibility index (Phi) is 8.91. The maximum atomic E-state index is 9.92. The summed E-state index contributed by atoms with van der Waals surface area (Å²) >= 11 is 0. The van der Waals surface area contributed by atoms with Gasteiger partial charge in [0.05, 0.1) is 25.9 Å². The topological polar surface area (TPSA) is 51.2 Å². The molecule has 0 amide bonds. The number of nitrogens with zero attached hydrogens (tertiary/aromatic N) is 1. The number of ether oxygens (including phenoxy) is 2. The lowest BCUT2D eigenvalue weighted by Gasteiger charge is -2.28. The first-order valence-corrected chi connectivity index (χ1v) is 10.8. The molecular formula is C14H31NO4Si. The summed E-state index contributed by atoms with van der Waals surface area (Å²) in [5.74, 6) is 0. The van der Waals surface area contributed by atoms with Gasteiger partial charge in [0.25, 0.3) is 0 Å². The van der Waals surface area contributed by atoms with E-state index >= 15 is 0 Å². The van der Waals surface area contributed by atoms with E-state index in [2.05, 4.69) is 18.0 Å². The van der Waals surface area contributed by atoms with Gasteiger partial charge < -0.3 is 19.0 Å². The van der Waals surface area contributed by atoms with Crippen molar-refractivity contribution in [2.45, 2.75) is 38.6 Å². The molecule has 1 aliphatic rings. The fourth-order valence-corrected chi connectivity index (χ4v) is 4.34. The van der Waals surface area contributed by atoms with Gasteiger partial charge in [-0.2, -0.15) is 0 Å². The van der Waals surface area contributed by atoms with Crippen LogP contribution in [0.5, 0.6) is 0 Å². The predicted molar refractivity (Wildman–Crippen MR) is 82.6 cm³/mol. The molecule has 0 bridgehead atoms. The van der Waals surface area contributed by atoms with Gasteiger partial charge in [-0.15, -0.1) is 0 Å². The highest BCUT2D eigenvalue weighted by Gasteiger charge is 2.21. The van der Waals surface area contributed by atoms with E-state index in [4.69, 9.17) is 13.9 Å². The van der Waals surface area contributed by atoms with Crippen LogP contribution in [0.3, 0.4) is 0 Å². The smallest absolute Gasteiger partial charge is 0.186 e. The van der Waals surface area contributed by atoms with Crippen LogP contribution in [-0.4, -0.2) is 77.1 Å². The molecule has 6 heteroatoms. The highest BCUT2D eigenvalue weighted by Crippen LogP contribution is 2.13. The zero-order valence-electron chi connectivity index (χ0n) is 13.3. The van der Waals surface area contributed by atoms with E-state index in [1.165, 1.54) is 0 Å². The van der Waals surface area contributed by atoms with Gasteiger partial charge in [-0.25, -0.2) is 0 Å². The van der Waals surface area contributed by atoms with E-state index in [0.29, 0.717) is 19.8 Å². The molecule has 1 N–H and O–H groups in total. The molecule has 1 rings (SSSR count). The Morgan fingerprint density at radius 1 is 1.30 bits per heavy atom. The number of β-amino-alcohol motifs (C(OH)–C–C–N with tert-alkyl or cyclic N) is 1. The molecule has 5 nitrogen and oxygen atoms in total. The number of rotatable bonds is 10. The van der Waals surface area contributed by atoms with Crippen LogP contribution < -0.4 is 0 Å². The highest BCUT2D eigenvalue weighted by atomic mass is 28.4. The van der Waals surface area contributed by atoms with Gasteiger partial charge in [-0.3, -0.25) is 4.90 Å². The summed E-state index contributed by atoms with van der Waals surface area (Å²) in [4.78, 5) is 2.22. The van der Waals surface area contributed by atoms with Crippen molar-refractivity contribution in [2.24, 2.45) is 0 Å². The number of aliphatic hydroxyl groups is 1. The van der Waals surface area contributed by atoms with Gasteiger partial charge in [0.15, 0.2) is 8.32 Å². The Morgan fingerprint density at radius 2 is 2.00 bits per heavy atom. The van der Waals surface area contributed by atoms with Crippen LogP contribution in [-0.2, 0) is 13.9 Å². The van der Waals surface area contributed by atoms with E-state index in [1.807, 2.05) is 6.92 Å². The number of hydrogen-bond acceptors (Lipinski definition) is 5. The summed E-state index contributed by atoms with van der Waals surface area (Å²) in [6.07, 6.45) is 0.619. The molecule has 20 heavy (non-hydrogen) atoms. The third kappa shape index (κ3) is 8.34. The van der Waals surface area contributed by atoms with E-state index in [0.717, 1.165) is 45.4 Å². The number of morpholine rings is 1. The normalized spacial score (nSPS) is 19.2. The van der Waals surface area contributed by atoms with E-state index < -0.39 is 14.4 Å². The quantitative estimate of drug-likeness (QED) is 0.487. The SMILES string of the molecule is CCO[Si](C)(C)CCCOCC(O)CN1CCOCC1. The largest absolute Gasteiger partial charge is 0.418 e. The second-order valence-corrected chi connectivity index (χ2v) is 10.2. The van der Waals surface area contributed by atoms with Crippen molar-refractivity contribution in [1.29, 1.82) is 0 Å². The summed E-state index contributed by atoms with van der Waals surface area (Å²) in [7, 11) is -1.48. The minimum absolute atomic E-state index is 0.398. The standard InChI is InChI=1S/C14H31NO4Si/c1-4-19-20(2,3)11-5-8-18-13-14(16)12-15-6-9-17-10-7-15/h14,16H,4-13H2,1-3H3. The Morgan fingerprint density at radius 3 is 2.65 bits per heavy atom. The Labute approximate surface area is 124 Å². The predicted octanol–water partition coefficient (Wildman–Crippen LogP) is 1.33. The lowest BCUT2D eigenvalue weighted by atomic mass is 10.3. The second-order valence-electron chi connectivity index (χ2n) is 5.94. The molecule has 0 aromatic carbocycles. The zero-order chi connectivity index (χ0) is 14.8. The fraction of sp³-hybridized carbons (Fsp3) is 1.00. The summed E-state index contributed by atoms with van der Waals surface area (Å²) in [6.45, 7) is 12.5. The van der Waals surface area contributed by atoms with Crippen molar-refractivity contribution in [2.75, 3.05) is 52.7 Å². The van der Waals surface area contributed by atoms with Gasteiger partial charge in [0, 0.05) is 32.8 Å². The lowest BCUT2D eigenvalue weighted by Crippen LogP contribution is -2.42. The van der Waals surface area contributed by atoms with Crippen molar-refractivity contribution in [1.82, 2.24) is 4.90 Å². The molecule has 120 valence electrons. The molecule has 1 fully saturated rings. The van der Waals surface area contributed by atoms with Crippen molar-refractivity contribution in [3.63, 3.8) is 0 Å². The first-order chi connectivity index (χ1) is 9.53. The van der Waals surface area contributed by atoms with Gasteiger partial charge in [0.2, 0.25) is 0 Å². The van der Waals surface area contributed by atoms with Gasteiger partial charge in [-0.1, -0.05) is 0 Å². The average Bonchev–Trinajstić information content (AvgIpc) is 2.39. The summed E-state index contributed by atoms with van der Waals surface area (Å²) in [5.41, 5.74) is 0. The van der Waals surface area contributed by atoms with Crippen molar-refractivity contribution in [3.8, 4) is 0 Å². The van der Waals surface area contributed by atoms with Crippen molar-refractivity contribution < 1.29 is 19.0 Å². The Hall–Kier alpha value is 0.0169. The van der Waals surface area contributed by atoms with Crippen molar-refractivity contribution in [3.05, 3.63) is 0 Å². The lowest BCUT2D eigenvalue weighted by molar-refractivity contribution is -0.0140. The zero-order valence-corrected chi connectivity index (χ0v) is 14.3. The molecule has 0 saturated carbocycles. The minimum atomic E-state index is -1.48. The van der Waals surface area contributed by atoms with Crippen LogP contribution in [0.1, 0.15) is 13.3 Å². The maximum absolute atomic E-state index is 9.92. The monoisotopic (exact) mass is 305 g/mol.